The van der Waals surface area contributed by atoms with Crippen LogP contribution in [-0.4, -0.2) is 7.11 Å². The summed E-state index contributed by atoms with van der Waals surface area (Å²) >= 11 is 0. The van der Waals surface area contributed by atoms with E-state index in [1.807, 2.05) is 18.2 Å². The van der Waals surface area contributed by atoms with Crippen molar-refractivity contribution in [3.63, 3.8) is 0 Å². The van der Waals surface area contributed by atoms with Crippen molar-refractivity contribution >= 4 is 16.7 Å². The first-order valence-corrected chi connectivity index (χ1v) is 7.07. The number of benzene rings is 2. The fourth-order valence-electron chi connectivity index (χ4n) is 2.40. The van der Waals surface area contributed by atoms with Gasteiger partial charge in [-0.15, -0.1) is 0 Å². The van der Waals surface area contributed by atoms with Gasteiger partial charge >= 0.3 is 0 Å². The molecule has 2 aromatic carbocycles. The molecule has 1 N–H and O–H groups in total. The maximum Gasteiger partial charge on any atom is 0.176 e. The van der Waals surface area contributed by atoms with Gasteiger partial charge in [0.25, 0.3) is 0 Å². The number of hydrogen-bond acceptors (Lipinski definition) is 3. The third-order valence-corrected chi connectivity index (χ3v) is 3.61. The molecule has 0 saturated carbocycles. The predicted octanol–water partition coefficient (Wildman–Crippen LogP) is 4.92. The van der Waals surface area contributed by atoms with Gasteiger partial charge in [-0.05, 0) is 38.1 Å². The molecule has 0 spiro atoms. The molecule has 1 unspecified atom stereocenters. The number of aryl methyl sites for hydroxylation is 1. The lowest BCUT2D eigenvalue weighted by atomic mass is 10.2. The molecular weight excluding hydrogens is 262 g/mol. The Bertz CT molecular complexity index is 744. The van der Waals surface area contributed by atoms with Crippen LogP contribution < -0.4 is 10.1 Å². The van der Waals surface area contributed by atoms with Crippen molar-refractivity contribution in [3.8, 4) is 5.75 Å². The highest BCUT2D eigenvalue weighted by Crippen LogP contribution is 2.31. The van der Waals surface area contributed by atoms with Crippen molar-refractivity contribution in [2.24, 2.45) is 0 Å². The minimum absolute atomic E-state index is 0.0878. The van der Waals surface area contributed by atoms with E-state index in [0.29, 0.717) is 0 Å². The molecular formula is C18H19NO2. The van der Waals surface area contributed by atoms with Gasteiger partial charge in [0.15, 0.2) is 11.3 Å². The lowest BCUT2D eigenvalue weighted by Gasteiger charge is -2.12. The van der Waals surface area contributed by atoms with Crippen molar-refractivity contribution in [1.29, 1.82) is 0 Å². The third-order valence-electron chi connectivity index (χ3n) is 3.61. The molecule has 0 fully saturated rings. The van der Waals surface area contributed by atoms with Crippen LogP contribution in [0.2, 0.25) is 0 Å². The molecule has 0 aliphatic heterocycles. The summed E-state index contributed by atoms with van der Waals surface area (Å²) in [6.45, 7) is 4.17. The number of methoxy groups -OCH3 is 1. The highest BCUT2D eigenvalue weighted by atomic mass is 16.5. The van der Waals surface area contributed by atoms with Crippen molar-refractivity contribution < 1.29 is 9.15 Å². The maximum absolute atomic E-state index is 5.96. The lowest BCUT2D eigenvalue weighted by molar-refractivity contribution is 0.406. The molecule has 21 heavy (non-hydrogen) atoms. The number of nitrogens with one attached hydrogen (secondary N) is 1. The number of para-hydroxylation sites is 1. The van der Waals surface area contributed by atoms with Crippen LogP contribution >= 0.6 is 0 Å². The molecule has 0 amide bonds. The van der Waals surface area contributed by atoms with Gasteiger partial charge in [-0.3, -0.25) is 0 Å². The van der Waals surface area contributed by atoms with Crippen LogP contribution in [0, 0.1) is 6.92 Å². The number of anilines is 1. The van der Waals surface area contributed by atoms with Crippen molar-refractivity contribution in [1.82, 2.24) is 0 Å². The summed E-state index contributed by atoms with van der Waals surface area (Å²) in [6, 6.07) is 16.4. The second kappa shape index (κ2) is 5.52. The first kappa shape index (κ1) is 13.6. The molecule has 1 atom stereocenters. The summed E-state index contributed by atoms with van der Waals surface area (Å²) in [7, 11) is 1.66. The smallest absolute Gasteiger partial charge is 0.176 e. The standard InChI is InChI=1S/C18H19NO2/c1-12-7-9-15(10-8-12)19-13(2)17-11-14-5-4-6-16(20-3)18(14)21-17/h4-11,13,19H,1-3H3. The van der Waals surface area contributed by atoms with E-state index in [2.05, 4.69) is 49.5 Å². The van der Waals surface area contributed by atoms with Crippen LogP contribution in [0.5, 0.6) is 5.75 Å². The van der Waals surface area contributed by atoms with Crippen LogP contribution in [0.15, 0.2) is 52.9 Å². The van der Waals surface area contributed by atoms with Gasteiger partial charge < -0.3 is 14.5 Å². The second-order valence-electron chi connectivity index (χ2n) is 5.26. The average Bonchev–Trinajstić information content (AvgIpc) is 2.93. The fourth-order valence-corrected chi connectivity index (χ4v) is 2.40. The predicted molar refractivity (Wildman–Crippen MR) is 86.0 cm³/mol. The highest BCUT2D eigenvalue weighted by Gasteiger charge is 2.13. The molecule has 0 saturated heterocycles. The first-order valence-electron chi connectivity index (χ1n) is 7.07. The minimum Gasteiger partial charge on any atom is -0.493 e. The SMILES string of the molecule is COc1cccc2cc(C(C)Nc3ccc(C)cc3)oc12. The van der Waals surface area contributed by atoms with Crippen molar-refractivity contribution in [2.45, 2.75) is 19.9 Å². The van der Waals surface area contributed by atoms with Gasteiger partial charge in [-0.25, -0.2) is 0 Å². The molecule has 3 rings (SSSR count). The zero-order chi connectivity index (χ0) is 14.8. The fraction of sp³-hybridized carbons (Fsp3) is 0.222. The van der Waals surface area contributed by atoms with Crippen LogP contribution in [-0.2, 0) is 0 Å². The van der Waals surface area contributed by atoms with E-state index in [-0.39, 0.29) is 6.04 Å². The zero-order valence-electron chi connectivity index (χ0n) is 12.5. The molecule has 3 nitrogen and oxygen atoms in total. The lowest BCUT2D eigenvalue weighted by Crippen LogP contribution is -2.05. The second-order valence-corrected chi connectivity index (χ2v) is 5.26. The maximum atomic E-state index is 5.96. The highest BCUT2D eigenvalue weighted by molar-refractivity contribution is 5.83. The van der Waals surface area contributed by atoms with E-state index in [4.69, 9.17) is 9.15 Å². The number of rotatable bonds is 4. The van der Waals surface area contributed by atoms with Gasteiger partial charge in [-0.2, -0.15) is 0 Å². The van der Waals surface area contributed by atoms with Gasteiger partial charge in [0.2, 0.25) is 0 Å². The Kier molecular flexibility index (Phi) is 3.57. The summed E-state index contributed by atoms with van der Waals surface area (Å²) in [6.07, 6.45) is 0. The Morgan fingerprint density at radius 2 is 1.86 bits per heavy atom. The molecule has 1 aromatic heterocycles. The Hall–Kier alpha value is -2.42. The topological polar surface area (TPSA) is 34.4 Å². The molecule has 3 heteroatoms. The van der Waals surface area contributed by atoms with Crippen molar-refractivity contribution in [3.05, 3.63) is 59.9 Å². The first-order chi connectivity index (χ1) is 10.2. The summed E-state index contributed by atoms with van der Waals surface area (Å²) in [4.78, 5) is 0. The number of ether oxygens (including phenoxy) is 1. The number of fused-ring (bicyclic) bond motifs is 1. The van der Waals surface area contributed by atoms with E-state index < -0.39 is 0 Å². The molecule has 108 valence electrons. The molecule has 0 bridgehead atoms. The van der Waals surface area contributed by atoms with Crippen LogP contribution in [0.4, 0.5) is 5.69 Å². The average molecular weight is 281 g/mol. The van der Waals surface area contributed by atoms with E-state index in [1.54, 1.807) is 7.11 Å². The molecule has 0 aliphatic carbocycles. The minimum atomic E-state index is 0.0878. The normalized spacial score (nSPS) is 12.3. The van der Waals surface area contributed by atoms with E-state index in [1.165, 1.54) is 5.56 Å². The van der Waals surface area contributed by atoms with Gasteiger partial charge in [0, 0.05) is 11.1 Å². The molecule has 1 heterocycles. The Morgan fingerprint density at radius 3 is 2.57 bits per heavy atom. The quantitative estimate of drug-likeness (QED) is 0.736. The Balaban J connectivity index is 1.87. The summed E-state index contributed by atoms with van der Waals surface area (Å²) < 4.78 is 11.3. The van der Waals surface area contributed by atoms with Crippen molar-refractivity contribution in [2.75, 3.05) is 12.4 Å². The summed E-state index contributed by atoms with van der Waals surface area (Å²) in [5.74, 6) is 1.66. The zero-order valence-corrected chi connectivity index (χ0v) is 12.5. The third kappa shape index (κ3) is 2.72. The Labute approximate surface area is 124 Å². The summed E-state index contributed by atoms with van der Waals surface area (Å²) in [5, 5.41) is 4.51. The van der Waals surface area contributed by atoms with Gasteiger partial charge in [0.1, 0.15) is 5.76 Å². The van der Waals surface area contributed by atoms with Crippen LogP contribution in [0.3, 0.4) is 0 Å². The summed E-state index contributed by atoms with van der Waals surface area (Å²) in [5.41, 5.74) is 3.13. The van der Waals surface area contributed by atoms with E-state index in [0.717, 1.165) is 28.2 Å². The molecule has 3 aromatic rings. The molecule has 0 radical (unpaired) electrons. The van der Waals surface area contributed by atoms with E-state index >= 15 is 0 Å². The van der Waals surface area contributed by atoms with Gasteiger partial charge in [0.05, 0.1) is 13.2 Å². The van der Waals surface area contributed by atoms with Crippen LogP contribution in [0.1, 0.15) is 24.3 Å². The van der Waals surface area contributed by atoms with Crippen LogP contribution in [0.25, 0.3) is 11.0 Å². The molecule has 0 aliphatic rings. The largest absolute Gasteiger partial charge is 0.493 e. The monoisotopic (exact) mass is 281 g/mol. The van der Waals surface area contributed by atoms with Gasteiger partial charge in [-0.1, -0.05) is 29.8 Å². The number of hydrogen-bond donors (Lipinski definition) is 1. The number of furan rings is 1. The van der Waals surface area contributed by atoms with E-state index in [9.17, 15) is 0 Å². The Morgan fingerprint density at radius 1 is 1.10 bits per heavy atom.